The lowest BCUT2D eigenvalue weighted by Crippen LogP contribution is -2.60. The summed E-state index contributed by atoms with van der Waals surface area (Å²) >= 11 is 0. The fourth-order valence-electron chi connectivity index (χ4n) is 4.03. The van der Waals surface area contributed by atoms with Gasteiger partial charge in [-0.05, 0) is 31.0 Å². The highest BCUT2D eigenvalue weighted by molar-refractivity contribution is 5.97. The van der Waals surface area contributed by atoms with Gasteiger partial charge in [0.05, 0.1) is 0 Å². The van der Waals surface area contributed by atoms with Crippen molar-refractivity contribution in [2.75, 3.05) is 26.2 Å². The molecule has 2 atom stereocenters. The molecule has 1 fully saturated rings. The topological polar surface area (TPSA) is 81.8 Å². The second-order valence-corrected chi connectivity index (χ2v) is 8.49. The number of benzene rings is 2. The van der Waals surface area contributed by atoms with Gasteiger partial charge in [-0.1, -0.05) is 61.9 Å². The van der Waals surface area contributed by atoms with E-state index >= 15 is 0 Å². The third-order valence-electron chi connectivity index (χ3n) is 5.93. The van der Waals surface area contributed by atoms with Gasteiger partial charge in [-0.3, -0.25) is 9.59 Å². The Bertz CT molecular complexity index is 920. The van der Waals surface area contributed by atoms with Crippen LogP contribution in [0.15, 0.2) is 60.7 Å². The predicted molar refractivity (Wildman–Crippen MR) is 129 cm³/mol. The maximum absolute atomic E-state index is 13.5. The van der Waals surface area contributed by atoms with Gasteiger partial charge in [-0.2, -0.15) is 0 Å². The molecule has 0 radical (unpaired) electrons. The number of unbranched alkanes of at least 4 members (excludes halogenated alkanes) is 1. The Morgan fingerprint density at radius 3 is 2.30 bits per heavy atom. The summed E-state index contributed by atoms with van der Waals surface area (Å²) in [4.78, 5) is 42.4. The van der Waals surface area contributed by atoms with Crippen molar-refractivity contribution in [1.82, 2.24) is 20.4 Å². The van der Waals surface area contributed by atoms with Crippen LogP contribution in [0.25, 0.3) is 0 Å². The fraction of sp³-hybridized carbons (Fsp3) is 0.423. The monoisotopic (exact) mass is 450 g/mol. The SMILES string of the molecule is CCCCNC(=O)N1CCN(C(=O)C(Cc2ccccc2)NC(=O)c2ccccc2)CC1C. The molecule has 2 N–H and O–H groups in total. The van der Waals surface area contributed by atoms with Gasteiger partial charge >= 0.3 is 6.03 Å². The maximum Gasteiger partial charge on any atom is 0.317 e. The molecule has 1 saturated heterocycles. The molecule has 0 saturated carbocycles. The van der Waals surface area contributed by atoms with E-state index in [-0.39, 0.29) is 23.9 Å². The zero-order valence-corrected chi connectivity index (χ0v) is 19.5. The number of carbonyl (C=O) groups is 3. The van der Waals surface area contributed by atoms with Crippen LogP contribution in [0.2, 0.25) is 0 Å². The van der Waals surface area contributed by atoms with Crippen LogP contribution in [0.4, 0.5) is 4.79 Å². The summed E-state index contributed by atoms with van der Waals surface area (Å²) in [5.41, 5.74) is 1.50. The van der Waals surface area contributed by atoms with Crippen molar-refractivity contribution >= 4 is 17.8 Å². The molecule has 4 amide bonds. The molecule has 33 heavy (non-hydrogen) atoms. The molecule has 0 spiro atoms. The minimum absolute atomic E-state index is 0.0822. The van der Waals surface area contributed by atoms with E-state index < -0.39 is 6.04 Å². The number of hydrogen-bond donors (Lipinski definition) is 2. The maximum atomic E-state index is 13.5. The van der Waals surface area contributed by atoms with Crippen LogP contribution in [-0.4, -0.2) is 65.9 Å². The largest absolute Gasteiger partial charge is 0.340 e. The Balaban J connectivity index is 1.68. The average Bonchev–Trinajstić information content (AvgIpc) is 2.84. The number of nitrogens with zero attached hydrogens (tertiary/aromatic N) is 2. The molecule has 0 bridgehead atoms. The Morgan fingerprint density at radius 1 is 1.00 bits per heavy atom. The van der Waals surface area contributed by atoms with E-state index in [4.69, 9.17) is 0 Å². The number of amides is 4. The van der Waals surface area contributed by atoms with E-state index in [1.807, 2.05) is 43.3 Å². The molecule has 2 aromatic rings. The van der Waals surface area contributed by atoms with Crippen LogP contribution < -0.4 is 10.6 Å². The van der Waals surface area contributed by atoms with Crippen LogP contribution in [0.5, 0.6) is 0 Å². The highest BCUT2D eigenvalue weighted by Gasteiger charge is 2.33. The van der Waals surface area contributed by atoms with Crippen molar-refractivity contribution in [2.24, 2.45) is 0 Å². The zero-order chi connectivity index (χ0) is 23.6. The molecule has 0 aromatic heterocycles. The van der Waals surface area contributed by atoms with Gasteiger partial charge in [-0.15, -0.1) is 0 Å². The molecule has 2 unspecified atom stereocenters. The number of nitrogens with one attached hydrogen (secondary N) is 2. The number of piperazine rings is 1. The quantitative estimate of drug-likeness (QED) is 0.607. The lowest BCUT2D eigenvalue weighted by atomic mass is 10.0. The number of urea groups is 1. The predicted octanol–water partition coefficient (Wildman–Crippen LogP) is 3.07. The van der Waals surface area contributed by atoms with Crippen molar-refractivity contribution in [3.8, 4) is 0 Å². The minimum Gasteiger partial charge on any atom is -0.340 e. The van der Waals surface area contributed by atoms with E-state index in [9.17, 15) is 14.4 Å². The van der Waals surface area contributed by atoms with E-state index in [1.54, 1.807) is 34.1 Å². The summed E-state index contributed by atoms with van der Waals surface area (Å²) in [5, 5.41) is 5.89. The average molecular weight is 451 g/mol. The van der Waals surface area contributed by atoms with Gasteiger partial charge in [0.2, 0.25) is 5.91 Å². The lowest BCUT2D eigenvalue weighted by molar-refractivity contribution is -0.135. The van der Waals surface area contributed by atoms with E-state index in [2.05, 4.69) is 17.6 Å². The first-order chi connectivity index (χ1) is 16.0. The summed E-state index contributed by atoms with van der Waals surface area (Å²) in [6.45, 7) is 6.04. The van der Waals surface area contributed by atoms with Crippen molar-refractivity contribution in [3.05, 3.63) is 71.8 Å². The minimum atomic E-state index is -0.683. The van der Waals surface area contributed by atoms with Crippen molar-refractivity contribution in [3.63, 3.8) is 0 Å². The summed E-state index contributed by atoms with van der Waals surface area (Å²) in [6.07, 6.45) is 2.38. The van der Waals surface area contributed by atoms with Crippen LogP contribution >= 0.6 is 0 Å². The molecule has 3 rings (SSSR count). The van der Waals surface area contributed by atoms with E-state index in [0.29, 0.717) is 38.2 Å². The fourth-order valence-corrected chi connectivity index (χ4v) is 4.03. The molecule has 176 valence electrons. The molecular formula is C26H34N4O3. The zero-order valence-electron chi connectivity index (χ0n) is 19.5. The van der Waals surface area contributed by atoms with Crippen molar-refractivity contribution in [1.29, 1.82) is 0 Å². The second-order valence-electron chi connectivity index (χ2n) is 8.49. The Kier molecular flexibility index (Phi) is 8.87. The molecule has 0 aliphatic carbocycles. The summed E-state index contributed by atoms with van der Waals surface area (Å²) < 4.78 is 0. The molecule has 7 nitrogen and oxygen atoms in total. The van der Waals surface area contributed by atoms with Crippen LogP contribution in [0.1, 0.15) is 42.6 Å². The molecule has 2 aromatic carbocycles. The van der Waals surface area contributed by atoms with Gasteiger partial charge in [0, 0.05) is 44.2 Å². The Hall–Kier alpha value is -3.35. The summed E-state index contributed by atoms with van der Waals surface area (Å²) in [7, 11) is 0. The van der Waals surface area contributed by atoms with Crippen LogP contribution in [0, 0.1) is 0 Å². The van der Waals surface area contributed by atoms with Gasteiger partial charge in [-0.25, -0.2) is 4.79 Å². The second kappa shape index (κ2) is 12.0. The lowest BCUT2D eigenvalue weighted by Gasteiger charge is -2.41. The number of hydrogen-bond acceptors (Lipinski definition) is 3. The van der Waals surface area contributed by atoms with Crippen LogP contribution in [-0.2, 0) is 11.2 Å². The first-order valence-corrected chi connectivity index (χ1v) is 11.7. The molecule has 1 heterocycles. The Morgan fingerprint density at radius 2 is 1.67 bits per heavy atom. The first kappa shape index (κ1) is 24.3. The smallest absolute Gasteiger partial charge is 0.317 e. The highest BCUT2D eigenvalue weighted by atomic mass is 16.2. The molecule has 1 aliphatic rings. The first-order valence-electron chi connectivity index (χ1n) is 11.7. The van der Waals surface area contributed by atoms with E-state index in [0.717, 1.165) is 18.4 Å². The third kappa shape index (κ3) is 6.81. The van der Waals surface area contributed by atoms with Gasteiger partial charge < -0.3 is 20.4 Å². The van der Waals surface area contributed by atoms with Crippen molar-refractivity contribution < 1.29 is 14.4 Å². The van der Waals surface area contributed by atoms with Crippen molar-refractivity contribution in [2.45, 2.75) is 45.2 Å². The normalized spacial score (nSPS) is 16.7. The van der Waals surface area contributed by atoms with Gasteiger partial charge in [0.1, 0.15) is 6.04 Å². The summed E-state index contributed by atoms with van der Waals surface area (Å²) in [5.74, 6) is -0.395. The third-order valence-corrected chi connectivity index (χ3v) is 5.93. The number of carbonyl (C=O) groups excluding carboxylic acids is 3. The standard InChI is InChI=1S/C26H34N4O3/c1-3-4-15-27-26(33)30-17-16-29(19-20(30)2)25(32)23(18-21-11-7-5-8-12-21)28-24(31)22-13-9-6-10-14-22/h5-14,20,23H,3-4,15-19H2,1-2H3,(H,27,33)(H,28,31). The molecule has 7 heteroatoms. The number of rotatable bonds is 8. The Labute approximate surface area is 196 Å². The van der Waals surface area contributed by atoms with Gasteiger partial charge in [0.25, 0.3) is 5.91 Å². The van der Waals surface area contributed by atoms with E-state index in [1.165, 1.54) is 0 Å². The molecular weight excluding hydrogens is 416 g/mol. The van der Waals surface area contributed by atoms with Crippen LogP contribution in [0.3, 0.4) is 0 Å². The highest BCUT2D eigenvalue weighted by Crippen LogP contribution is 2.14. The molecule has 1 aliphatic heterocycles. The summed E-state index contributed by atoms with van der Waals surface area (Å²) in [6, 6.07) is 17.7. The van der Waals surface area contributed by atoms with Gasteiger partial charge in [0.15, 0.2) is 0 Å².